The van der Waals surface area contributed by atoms with E-state index in [2.05, 4.69) is 5.32 Å². The Morgan fingerprint density at radius 3 is 1.94 bits per heavy atom. The van der Waals surface area contributed by atoms with Gasteiger partial charge in [-0.3, -0.25) is 9.59 Å². The molecule has 8 heteroatoms. The molecule has 2 amide bonds. The van der Waals surface area contributed by atoms with Crippen molar-refractivity contribution in [2.24, 2.45) is 0 Å². The van der Waals surface area contributed by atoms with Crippen LogP contribution < -0.4 is 14.8 Å². The first-order chi connectivity index (χ1) is 16.8. The van der Waals surface area contributed by atoms with E-state index in [0.29, 0.717) is 28.1 Å². The summed E-state index contributed by atoms with van der Waals surface area (Å²) in [4.78, 5) is 28.0. The van der Waals surface area contributed by atoms with Gasteiger partial charge in [0.05, 0.1) is 20.6 Å². The van der Waals surface area contributed by atoms with Crippen LogP contribution in [0.1, 0.15) is 23.6 Å². The minimum atomic E-state index is -0.703. The lowest BCUT2D eigenvalue weighted by molar-refractivity contribution is -0.140. The predicted molar refractivity (Wildman–Crippen MR) is 138 cm³/mol. The van der Waals surface area contributed by atoms with Crippen molar-refractivity contribution in [2.75, 3.05) is 14.2 Å². The lowest BCUT2D eigenvalue weighted by atomic mass is 10.1. The fourth-order valence-electron chi connectivity index (χ4n) is 3.58. The molecule has 35 heavy (non-hydrogen) atoms. The second-order valence-electron chi connectivity index (χ2n) is 8.03. The number of rotatable bonds is 10. The topological polar surface area (TPSA) is 67.9 Å². The number of hydrogen-bond donors (Lipinski definition) is 1. The number of carbonyl (C=O) groups excluding carboxylic acids is 2. The highest BCUT2D eigenvalue weighted by molar-refractivity contribution is 6.30. The molecule has 0 aliphatic carbocycles. The van der Waals surface area contributed by atoms with Crippen molar-refractivity contribution >= 4 is 35.0 Å². The van der Waals surface area contributed by atoms with Gasteiger partial charge in [0.1, 0.15) is 6.04 Å². The molecule has 1 N–H and O–H groups in total. The van der Waals surface area contributed by atoms with Gasteiger partial charge in [-0.2, -0.15) is 0 Å². The first kappa shape index (κ1) is 26.4. The highest BCUT2D eigenvalue weighted by atomic mass is 35.5. The van der Waals surface area contributed by atoms with Crippen LogP contribution >= 0.6 is 23.2 Å². The summed E-state index contributed by atoms with van der Waals surface area (Å²) in [5.74, 6) is 0.670. The highest BCUT2D eigenvalue weighted by Gasteiger charge is 2.26. The van der Waals surface area contributed by atoms with E-state index in [9.17, 15) is 9.59 Å². The van der Waals surface area contributed by atoms with Gasteiger partial charge in [0, 0.05) is 23.1 Å². The van der Waals surface area contributed by atoms with Crippen molar-refractivity contribution in [1.29, 1.82) is 0 Å². The molecule has 3 aromatic rings. The second kappa shape index (κ2) is 12.5. The van der Waals surface area contributed by atoms with Crippen molar-refractivity contribution in [1.82, 2.24) is 10.2 Å². The molecule has 0 aliphatic heterocycles. The molecule has 1 atom stereocenters. The van der Waals surface area contributed by atoms with Gasteiger partial charge in [-0.05, 0) is 60.0 Å². The highest BCUT2D eigenvalue weighted by Crippen LogP contribution is 2.28. The Morgan fingerprint density at radius 2 is 1.37 bits per heavy atom. The Morgan fingerprint density at radius 1 is 0.829 bits per heavy atom. The molecule has 3 aromatic carbocycles. The zero-order valence-corrected chi connectivity index (χ0v) is 21.4. The van der Waals surface area contributed by atoms with Gasteiger partial charge in [0.2, 0.25) is 11.8 Å². The maximum absolute atomic E-state index is 13.4. The van der Waals surface area contributed by atoms with Crippen LogP contribution in [0.15, 0.2) is 66.7 Å². The molecule has 0 aromatic heterocycles. The van der Waals surface area contributed by atoms with Gasteiger partial charge in [0.15, 0.2) is 11.5 Å². The molecule has 0 fully saturated rings. The zero-order chi connectivity index (χ0) is 25.4. The number of halogens is 2. The zero-order valence-electron chi connectivity index (χ0n) is 19.9. The van der Waals surface area contributed by atoms with E-state index in [1.165, 1.54) is 0 Å². The van der Waals surface area contributed by atoms with Crippen LogP contribution in [0.25, 0.3) is 0 Å². The molecular formula is C27H28Cl2N2O4. The number of amides is 2. The average molecular weight is 515 g/mol. The van der Waals surface area contributed by atoms with Crippen LogP contribution in [0, 0.1) is 0 Å². The lowest BCUT2D eigenvalue weighted by Gasteiger charge is -2.29. The first-order valence-corrected chi connectivity index (χ1v) is 11.8. The van der Waals surface area contributed by atoms with Crippen LogP contribution in [0.3, 0.4) is 0 Å². The maximum Gasteiger partial charge on any atom is 0.242 e. The summed E-state index contributed by atoms with van der Waals surface area (Å²) in [6, 6.07) is 19.1. The third kappa shape index (κ3) is 7.38. The predicted octanol–water partition coefficient (Wildman–Crippen LogP) is 5.29. The van der Waals surface area contributed by atoms with Crippen LogP contribution in [0.2, 0.25) is 10.0 Å². The fraction of sp³-hybridized carbons (Fsp3) is 0.259. The van der Waals surface area contributed by atoms with Crippen LogP contribution in [-0.2, 0) is 29.1 Å². The molecule has 0 spiro atoms. The summed E-state index contributed by atoms with van der Waals surface area (Å²) in [5.41, 5.74) is 2.53. The Hall–Kier alpha value is -3.22. The Bertz CT molecular complexity index is 1150. The lowest BCUT2D eigenvalue weighted by Crippen LogP contribution is -2.48. The largest absolute Gasteiger partial charge is 0.493 e. The van der Waals surface area contributed by atoms with Gasteiger partial charge in [0.25, 0.3) is 0 Å². The molecule has 0 heterocycles. The summed E-state index contributed by atoms with van der Waals surface area (Å²) in [7, 11) is 3.10. The van der Waals surface area contributed by atoms with Crippen molar-refractivity contribution in [2.45, 2.75) is 32.5 Å². The van der Waals surface area contributed by atoms with Crippen LogP contribution in [-0.4, -0.2) is 37.0 Å². The monoisotopic (exact) mass is 514 g/mol. The van der Waals surface area contributed by atoms with Crippen molar-refractivity contribution in [3.05, 3.63) is 93.5 Å². The van der Waals surface area contributed by atoms with E-state index in [1.54, 1.807) is 62.4 Å². The van der Waals surface area contributed by atoms with E-state index in [1.807, 2.05) is 30.3 Å². The molecule has 0 saturated heterocycles. The summed E-state index contributed by atoms with van der Waals surface area (Å²) < 4.78 is 10.6. The van der Waals surface area contributed by atoms with Gasteiger partial charge >= 0.3 is 0 Å². The molecule has 0 bridgehead atoms. The number of carbonyl (C=O) groups is 2. The summed E-state index contributed by atoms with van der Waals surface area (Å²) in [6.07, 6.45) is 0.0999. The smallest absolute Gasteiger partial charge is 0.242 e. The third-order valence-corrected chi connectivity index (χ3v) is 6.12. The number of hydrogen-bond acceptors (Lipinski definition) is 4. The SMILES string of the molecule is COc1ccc(CC(=O)N(Cc2ccc(Cl)cc2)C(C)C(=O)NCc2ccc(Cl)cc2)cc1OC. The summed E-state index contributed by atoms with van der Waals surface area (Å²) >= 11 is 12.0. The molecule has 0 radical (unpaired) electrons. The van der Waals surface area contributed by atoms with Crippen molar-refractivity contribution in [3.63, 3.8) is 0 Å². The Balaban J connectivity index is 1.77. The minimum absolute atomic E-state index is 0.0999. The Kier molecular flexibility index (Phi) is 9.40. The Labute approximate surface area is 215 Å². The third-order valence-electron chi connectivity index (χ3n) is 5.62. The fourth-order valence-corrected chi connectivity index (χ4v) is 3.83. The molecule has 1 unspecified atom stereocenters. The quantitative estimate of drug-likeness (QED) is 0.399. The average Bonchev–Trinajstić information content (AvgIpc) is 2.87. The number of ether oxygens (including phenoxy) is 2. The van der Waals surface area contributed by atoms with Crippen LogP contribution in [0.5, 0.6) is 11.5 Å². The molecule has 184 valence electrons. The van der Waals surface area contributed by atoms with Gasteiger partial charge in [-0.15, -0.1) is 0 Å². The maximum atomic E-state index is 13.4. The van der Waals surface area contributed by atoms with Crippen molar-refractivity contribution < 1.29 is 19.1 Å². The molecule has 6 nitrogen and oxygen atoms in total. The standard InChI is InChI=1S/C27H28Cl2N2O4/c1-18(27(33)30-16-19-4-9-22(28)10-5-19)31(17-20-6-11-23(29)12-7-20)26(32)15-21-8-13-24(34-2)25(14-21)35-3/h4-14,18H,15-17H2,1-3H3,(H,30,33). The number of benzene rings is 3. The molecule has 0 aliphatic rings. The van der Waals surface area contributed by atoms with E-state index in [0.717, 1.165) is 16.7 Å². The number of methoxy groups -OCH3 is 2. The normalized spacial score (nSPS) is 11.5. The van der Waals surface area contributed by atoms with E-state index < -0.39 is 6.04 Å². The minimum Gasteiger partial charge on any atom is -0.493 e. The molecule has 0 saturated carbocycles. The van der Waals surface area contributed by atoms with Gasteiger partial charge in [-0.25, -0.2) is 0 Å². The van der Waals surface area contributed by atoms with Crippen LogP contribution in [0.4, 0.5) is 0 Å². The van der Waals surface area contributed by atoms with E-state index >= 15 is 0 Å². The number of nitrogens with zero attached hydrogens (tertiary/aromatic N) is 1. The van der Waals surface area contributed by atoms with E-state index in [-0.39, 0.29) is 24.8 Å². The number of nitrogens with one attached hydrogen (secondary N) is 1. The second-order valence-corrected chi connectivity index (χ2v) is 8.91. The van der Waals surface area contributed by atoms with Gasteiger partial charge in [-0.1, -0.05) is 53.5 Å². The first-order valence-electron chi connectivity index (χ1n) is 11.1. The molecular weight excluding hydrogens is 487 g/mol. The van der Waals surface area contributed by atoms with Gasteiger partial charge < -0.3 is 19.7 Å². The summed E-state index contributed by atoms with van der Waals surface area (Å²) in [5, 5.41) is 4.14. The summed E-state index contributed by atoms with van der Waals surface area (Å²) in [6.45, 7) is 2.32. The van der Waals surface area contributed by atoms with E-state index in [4.69, 9.17) is 32.7 Å². The molecule has 3 rings (SSSR count). The van der Waals surface area contributed by atoms with Crippen molar-refractivity contribution in [3.8, 4) is 11.5 Å².